The summed E-state index contributed by atoms with van der Waals surface area (Å²) in [5.74, 6) is -0.235. The summed E-state index contributed by atoms with van der Waals surface area (Å²) in [6.07, 6.45) is 1.38. The molecule has 1 heterocycles. The van der Waals surface area contributed by atoms with Crippen LogP contribution in [0.4, 0.5) is 0 Å². The maximum absolute atomic E-state index is 12.6. The van der Waals surface area contributed by atoms with Crippen molar-refractivity contribution in [2.45, 2.75) is 6.04 Å². The molecule has 2 rings (SSSR count). The van der Waals surface area contributed by atoms with Crippen molar-refractivity contribution in [3.8, 4) is 0 Å². The fourth-order valence-corrected chi connectivity index (χ4v) is 3.84. The Hall–Kier alpha value is -1.67. The number of hydrogen-bond acceptors (Lipinski definition) is 5. The van der Waals surface area contributed by atoms with Crippen molar-refractivity contribution in [2.24, 2.45) is 16.5 Å². The number of nitrogens with one attached hydrogen (secondary N) is 1. The molecule has 8 heteroatoms. The molecule has 25 heavy (non-hydrogen) atoms. The average molecular weight is 442 g/mol. The summed E-state index contributed by atoms with van der Waals surface area (Å²) in [7, 11) is 1.63. The van der Waals surface area contributed by atoms with Gasteiger partial charge in [-0.2, -0.15) is 0 Å². The summed E-state index contributed by atoms with van der Waals surface area (Å²) in [6.45, 7) is 0.296. The molecule has 0 aliphatic carbocycles. The molecule has 0 spiro atoms. The van der Waals surface area contributed by atoms with Gasteiger partial charge in [0.25, 0.3) is 5.91 Å². The number of benzene rings is 1. The highest BCUT2D eigenvalue weighted by atomic mass is 79.9. The lowest BCUT2D eigenvalue weighted by molar-refractivity contribution is 0.0942. The second kappa shape index (κ2) is 9.15. The third kappa shape index (κ3) is 4.70. The van der Waals surface area contributed by atoms with E-state index < -0.39 is 0 Å². The molecule has 0 aliphatic heterocycles. The maximum Gasteiger partial charge on any atom is 0.261 e. The number of thiophene rings is 1. The van der Waals surface area contributed by atoms with Crippen LogP contribution in [0.5, 0.6) is 0 Å². The fraction of sp³-hybridized carbons (Fsp3) is 0.176. The van der Waals surface area contributed by atoms with Gasteiger partial charge in [-0.05, 0) is 27.6 Å². The van der Waals surface area contributed by atoms with Crippen LogP contribution < -0.4 is 16.8 Å². The van der Waals surface area contributed by atoms with Gasteiger partial charge >= 0.3 is 0 Å². The molecule has 1 aromatic carbocycles. The lowest BCUT2D eigenvalue weighted by Gasteiger charge is -2.16. The first-order chi connectivity index (χ1) is 12.0. The van der Waals surface area contributed by atoms with Crippen LogP contribution in [0.3, 0.4) is 0 Å². The van der Waals surface area contributed by atoms with Crippen molar-refractivity contribution in [2.75, 3.05) is 13.6 Å². The van der Waals surface area contributed by atoms with E-state index >= 15 is 0 Å². The fourth-order valence-electron chi connectivity index (χ4n) is 2.27. The molecule has 0 aliphatic rings. The van der Waals surface area contributed by atoms with Gasteiger partial charge in [0.1, 0.15) is 4.34 Å². The molecule has 0 radical (unpaired) electrons. The highest BCUT2D eigenvalue weighted by Crippen LogP contribution is 2.31. The van der Waals surface area contributed by atoms with E-state index in [0.717, 1.165) is 5.56 Å². The van der Waals surface area contributed by atoms with E-state index in [9.17, 15) is 4.79 Å². The molecule has 0 fully saturated rings. The van der Waals surface area contributed by atoms with Crippen LogP contribution in [-0.2, 0) is 0 Å². The van der Waals surface area contributed by atoms with Gasteiger partial charge in [-0.25, -0.2) is 0 Å². The van der Waals surface area contributed by atoms with Gasteiger partial charge in [0.2, 0.25) is 0 Å². The van der Waals surface area contributed by atoms with Crippen molar-refractivity contribution in [1.82, 2.24) is 5.32 Å². The number of hydrogen-bond donors (Lipinski definition) is 3. The Bertz CT molecular complexity index is 804. The topological polar surface area (TPSA) is 93.5 Å². The number of nitrogens with two attached hydrogens (primary N) is 2. The second-order valence-electron chi connectivity index (χ2n) is 5.06. The van der Waals surface area contributed by atoms with Gasteiger partial charge < -0.3 is 16.8 Å². The Morgan fingerprint density at radius 2 is 2.12 bits per heavy atom. The summed E-state index contributed by atoms with van der Waals surface area (Å²) >= 11 is 10.8. The van der Waals surface area contributed by atoms with E-state index in [1.807, 2.05) is 30.3 Å². The molecule has 1 atom stereocenters. The van der Waals surface area contributed by atoms with Gasteiger partial charge in [0.05, 0.1) is 21.1 Å². The van der Waals surface area contributed by atoms with Crippen LogP contribution in [0.15, 0.2) is 52.1 Å². The number of carbonyl (C=O) groups excluding carboxylic acids is 1. The van der Waals surface area contributed by atoms with E-state index in [-0.39, 0.29) is 11.9 Å². The number of aliphatic imine (C=N–C) groups is 1. The number of allylic oxidation sites excluding steroid dienone is 1. The Labute approximate surface area is 163 Å². The van der Waals surface area contributed by atoms with Crippen molar-refractivity contribution in [3.05, 3.63) is 67.4 Å². The maximum atomic E-state index is 12.6. The van der Waals surface area contributed by atoms with Crippen LogP contribution in [0.2, 0.25) is 4.34 Å². The van der Waals surface area contributed by atoms with Crippen LogP contribution in [0.25, 0.3) is 0 Å². The van der Waals surface area contributed by atoms with Gasteiger partial charge in [-0.15, -0.1) is 11.3 Å². The molecule has 1 aromatic heterocycles. The molecule has 5 N–H and O–H groups in total. The van der Waals surface area contributed by atoms with Crippen LogP contribution in [0.1, 0.15) is 26.8 Å². The molecule has 0 bridgehead atoms. The number of halogens is 2. The van der Waals surface area contributed by atoms with Gasteiger partial charge in [-0.3, -0.25) is 9.79 Å². The summed E-state index contributed by atoms with van der Waals surface area (Å²) in [5.41, 5.74) is 13.5. The van der Waals surface area contributed by atoms with E-state index in [2.05, 4.69) is 26.2 Å². The first-order valence-electron chi connectivity index (χ1n) is 7.42. The third-order valence-electron chi connectivity index (χ3n) is 3.50. The number of rotatable bonds is 6. The van der Waals surface area contributed by atoms with E-state index in [0.29, 0.717) is 31.5 Å². The second-order valence-corrected chi connectivity index (χ2v) is 7.57. The molecular formula is C17H18BrClN4OS. The first-order valence-corrected chi connectivity index (χ1v) is 9.40. The lowest BCUT2D eigenvalue weighted by atomic mass is 10.1. The molecular weight excluding hydrogens is 424 g/mol. The van der Waals surface area contributed by atoms with E-state index in [1.54, 1.807) is 13.1 Å². The number of nitrogens with zero attached hydrogens (tertiary/aromatic N) is 1. The Morgan fingerprint density at radius 1 is 1.44 bits per heavy atom. The first kappa shape index (κ1) is 19.7. The monoisotopic (exact) mass is 440 g/mol. The van der Waals surface area contributed by atoms with Gasteiger partial charge in [0.15, 0.2) is 0 Å². The predicted octanol–water partition coefficient (Wildman–Crippen LogP) is 3.45. The molecule has 0 saturated carbocycles. The molecule has 5 nitrogen and oxygen atoms in total. The minimum Gasteiger partial charge on any atom is -0.404 e. The Balaban J connectivity index is 2.25. The highest BCUT2D eigenvalue weighted by molar-refractivity contribution is 9.12. The molecule has 0 saturated heterocycles. The lowest BCUT2D eigenvalue weighted by Crippen LogP contribution is -2.32. The molecule has 1 unspecified atom stereocenters. The minimum absolute atomic E-state index is 0.235. The van der Waals surface area contributed by atoms with Crippen molar-refractivity contribution >= 4 is 50.5 Å². The van der Waals surface area contributed by atoms with Crippen molar-refractivity contribution in [1.29, 1.82) is 0 Å². The molecule has 2 aromatic rings. The van der Waals surface area contributed by atoms with Crippen LogP contribution >= 0.6 is 38.9 Å². The smallest absolute Gasteiger partial charge is 0.261 e. The largest absolute Gasteiger partial charge is 0.404 e. The normalized spacial score (nSPS) is 13.6. The quantitative estimate of drug-likeness (QED) is 0.599. The van der Waals surface area contributed by atoms with Crippen LogP contribution in [0, 0.1) is 0 Å². The predicted molar refractivity (Wildman–Crippen MR) is 109 cm³/mol. The van der Waals surface area contributed by atoms with Crippen LogP contribution in [-0.4, -0.2) is 25.2 Å². The van der Waals surface area contributed by atoms with E-state index in [1.165, 1.54) is 17.5 Å². The standard InChI is InChI=1S/C17H18BrClN4OS/c1-22-15(12(18)8-20)11-7-14(25-16(11)19)17(24)23-13(9-21)10-5-3-2-4-6-10/h2-8,13H,9,20-21H2,1H3,(H,23,24). The van der Waals surface area contributed by atoms with Gasteiger partial charge in [-0.1, -0.05) is 41.9 Å². The summed E-state index contributed by atoms with van der Waals surface area (Å²) < 4.78 is 1.07. The minimum atomic E-state index is -0.270. The Kier molecular flexibility index (Phi) is 7.19. The number of amides is 1. The Morgan fingerprint density at radius 3 is 2.68 bits per heavy atom. The SMILES string of the molecule is CN=C(C(Br)=CN)c1cc(C(=O)NC(CN)c2ccccc2)sc1Cl. The zero-order valence-electron chi connectivity index (χ0n) is 13.5. The average Bonchev–Trinajstić information content (AvgIpc) is 3.02. The van der Waals surface area contributed by atoms with Crippen molar-refractivity contribution < 1.29 is 4.79 Å². The van der Waals surface area contributed by atoms with E-state index in [4.69, 9.17) is 23.1 Å². The summed E-state index contributed by atoms with van der Waals surface area (Å²) in [4.78, 5) is 17.3. The molecule has 1 amide bonds. The summed E-state index contributed by atoms with van der Waals surface area (Å²) in [5, 5.41) is 2.94. The molecule has 132 valence electrons. The van der Waals surface area contributed by atoms with Gasteiger partial charge in [0, 0.05) is 25.4 Å². The zero-order valence-corrected chi connectivity index (χ0v) is 16.7. The third-order valence-corrected chi connectivity index (χ3v) is 5.50. The number of carbonyl (C=O) groups is 1. The zero-order chi connectivity index (χ0) is 18.4. The summed E-state index contributed by atoms with van der Waals surface area (Å²) in [6, 6.07) is 11.0. The highest BCUT2D eigenvalue weighted by Gasteiger charge is 2.20. The van der Waals surface area contributed by atoms with Crippen molar-refractivity contribution in [3.63, 3.8) is 0 Å².